The first kappa shape index (κ1) is 18.9. The molecule has 3 heteroatoms. The Hall–Kier alpha value is -2.10. The summed E-state index contributed by atoms with van der Waals surface area (Å²) in [6, 6.07) is 16.7. The molecule has 0 amide bonds. The van der Waals surface area contributed by atoms with Gasteiger partial charge in [0.2, 0.25) is 0 Å². The minimum atomic E-state index is 0.423. The summed E-state index contributed by atoms with van der Waals surface area (Å²) in [4.78, 5) is 2.72. The fourth-order valence-electron chi connectivity index (χ4n) is 5.64. The minimum Gasteiger partial charge on any atom is -0.497 e. The topological polar surface area (TPSA) is 24.5 Å². The van der Waals surface area contributed by atoms with Gasteiger partial charge in [-0.3, -0.25) is 4.90 Å². The molecular weight excluding hydrogens is 356 g/mol. The van der Waals surface area contributed by atoms with Crippen LogP contribution in [-0.4, -0.2) is 31.6 Å². The highest BCUT2D eigenvalue weighted by molar-refractivity contribution is 5.41. The zero-order chi connectivity index (χ0) is 19.8. The predicted molar refractivity (Wildman–Crippen MR) is 118 cm³/mol. The second-order valence-corrected chi connectivity index (χ2v) is 8.73. The average molecular weight is 389 g/mol. The summed E-state index contributed by atoms with van der Waals surface area (Å²) in [6.07, 6.45) is 5.77. The lowest BCUT2D eigenvalue weighted by molar-refractivity contribution is 0.182. The highest BCUT2D eigenvalue weighted by atomic mass is 16.5. The van der Waals surface area contributed by atoms with Gasteiger partial charge in [-0.2, -0.15) is 0 Å². The minimum absolute atomic E-state index is 0.423. The van der Waals surface area contributed by atoms with E-state index in [-0.39, 0.29) is 0 Å². The van der Waals surface area contributed by atoms with Gasteiger partial charge in [-0.25, -0.2) is 0 Å². The molecular formula is C26H32N2O. The van der Waals surface area contributed by atoms with Crippen LogP contribution in [-0.2, 0) is 12.8 Å². The van der Waals surface area contributed by atoms with Gasteiger partial charge >= 0.3 is 0 Å². The Balaban J connectivity index is 1.43. The monoisotopic (exact) mass is 388 g/mol. The molecule has 5 rings (SSSR count). The number of fused-ring (bicyclic) bond motifs is 4. The summed E-state index contributed by atoms with van der Waals surface area (Å²) in [5, 5.41) is 3.81. The van der Waals surface area contributed by atoms with Gasteiger partial charge in [-0.15, -0.1) is 0 Å². The lowest BCUT2D eigenvalue weighted by atomic mass is 9.80. The maximum atomic E-state index is 5.46. The normalized spacial score (nSPS) is 23.9. The molecule has 2 aromatic rings. The van der Waals surface area contributed by atoms with E-state index in [0.717, 1.165) is 31.7 Å². The van der Waals surface area contributed by atoms with Gasteiger partial charge < -0.3 is 10.1 Å². The summed E-state index contributed by atoms with van der Waals surface area (Å²) >= 11 is 0. The van der Waals surface area contributed by atoms with Gasteiger partial charge in [-0.05, 0) is 73.0 Å². The fourth-order valence-corrected chi connectivity index (χ4v) is 5.64. The van der Waals surface area contributed by atoms with E-state index in [9.17, 15) is 0 Å². The lowest BCUT2D eigenvalue weighted by Crippen LogP contribution is -2.40. The van der Waals surface area contributed by atoms with E-state index in [1.807, 2.05) is 0 Å². The van der Waals surface area contributed by atoms with Crippen LogP contribution < -0.4 is 10.1 Å². The predicted octanol–water partition coefficient (Wildman–Crippen LogP) is 4.98. The third-order valence-electron chi connectivity index (χ3n) is 7.24. The second kappa shape index (κ2) is 7.97. The maximum absolute atomic E-state index is 5.46. The van der Waals surface area contributed by atoms with Crippen LogP contribution >= 0.6 is 0 Å². The molecule has 1 N–H and O–H groups in total. The van der Waals surface area contributed by atoms with E-state index >= 15 is 0 Å². The molecule has 2 unspecified atom stereocenters. The number of benzene rings is 2. The zero-order valence-electron chi connectivity index (χ0n) is 17.7. The summed E-state index contributed by atoms with van der Waals surface area (Å²) < 4.78 is 5.46. The summed E-state index contributed by atoms with van der Waals surface area (Å²) in [5.74, 6) is 0.977. The van der Waals surface area contributed by atoms with E-state index < -0.39 is 0 Å². The van der Waals surface area contributed by atoms with Gasteiger partial charge in [0.05, 0.1) is 7.11 Å². The maximum Gasteiger partial charge on any atom is 0.119 e. The number of nitrogens with zero attached hydrogens (tertiary/aromatic N) is 1. The Morgan fingerprint density at radius 1 is 1.03 bits per heavy atom. The molecule has 0 saturated carbocycles. The Morgan fingerprint density at radius 2 is 1.93 bits per heavy atom. The van der Waals surface area contributed by atoms with Gasteiger partial charge in [0, 0.05) is 25.2 Å². The van der Waals surface area contributed by atoms with Crippen molar-refractivity contribution in [3.05, 3.63) is 75.9 Å². The van der Waals surface area contributed by atoms with Crippen molar-refractivity contribution in [2.24, 2.45) is 0 Å². The van der Waals surface area contributed by atoms with Gasteiger partial charge in [0.1, 0.15) is 5.75 Å². The molecule has 29 heavy (non-hydrogen) atoms. The van der Waals surface area contributed by atoms with E-state index in [2.05, 4.69) is 59.6 Å². The van der Waals surface area contributed by atoms with Crippen molar-refractivity contribution >= 4 is 0 Å². The number of ether oxygens (including phenoxy) is 1. The number of hydrogen-bond acceptors (Lipinski definition) is 3. The third-order valence-corrected chi connectivity index (χ3v) is 7.24. The molecule has 3 aliphatic heterocycles. The SMILES string of the molecule is CCC1=C(CC2NCCc3cc(OC)ccc32)CC2c3ccccc3CCN2C1. The number of hydrogen-bond donors (Lipinski definition) is 1. The molecule has 0 aliphatic carbocycles. The summed E-state index contributed by atoms with van der Waals surface area (Å²) in [6.45, 7) is 5.73. The summed E-state index contributed by atoms with van der Waals surface area (Å²) in [7, 11) is 1.76. The smallest absolute Gasteiger partial charge is 0.119 e. The Labute approximate surface area is 174 Å². The molecule has 0 spiro atoms. The largest absolute Gasteiger partial charge is 0.497 e. The quantitative estimate of drug-likeness (QED) is 0.748. The third kappa shape index (κ3) is 3.51. The summed E-state index contributed by atoms with van der Waals surface area (Å²) in [5.41, 5.74) is 9.39. The molecule has 0 saturated heterocycles. The van der Waals surface area contributed by atoms with Crippen molar-refractivity contribution in [3.63, 3.8) is 0 Å². The first-order chi connectivity index (χ1) is 14.3. The number of methoxy groups -OCH3 is 1. The fraction of sp³-hybridized carbons (Fsp3) is 0.462. The first-order valence-corrected chi connectivity index (χ1v) is 11.2. The van der Waals surface area contributed by atoms with Crippen LogP contribution in [0.3, 0.4) is 0 Å². The van der Waals surface area contributed by atoms with Gasteiger partial charge in [0.25, 0.3) is 0 Å². The lowest BCUT2D eigenvalue weighted by Gasteiger charge is -2.43. The van der Waals surface area contributed by atoms with Crippen LogP contribution in [0.5, 0.6) is 5.75 Å². The molecule has 2 atom stereocenters. The average Bonchev–Trinajstić information content (AvgIpc) is 2.78. The number of rotatable bonds is 4. The van der Waals surface area contributed by atoms with Crippen LogP contribution in [0.1, 0.15) is 60.5 Å². The second-order valence-electron chi connectivity index (χ2n) is 8.73. The molecule has 0 radical (unpaired) electrons. The number of nitrogens with one attached hydrogen (secondary N) is 1. The van der Waals surface area contributed by atoms with Crippen molar-refractivity contribution in [2.75, 3.05) is 26.7 Å². The van der Waals surface area contributed by atoms with Crippen molar-refractivity contribution in [1.82, 2.24) is 10.2 Å². The Morgan fingerprint density at radius 3 is 2.79 bits per heavy atom. The molecule has 0 aromatic heterocycles. The van der Waals surface area contributed by atoms with E-state index in [0.29, 0.717) is 12.1 Å². The van der Waals surface area contributed by atoms with Crippen LogP contribution in [0.25, 0.3) is 0 Å². The van der Waals surface area contributed by atoms with Crippen molar-refractivity contribution < 1.29 is 4.74 Å². The van der Waals surface area contributed by atoms with Crippen LogP contribution in [0, 0.1) is 0 Å². The molecule has 0 bridgehead atoms. The van der Waals surface area contributed by atoms with Crippen molar-refractivity contribution in [3.8, 4) is 5.75 Å². The highest BCUT2D eigenvalue weighted by Gasteiger charge is 2.33. The van der Waals surface area contributed by atoms with E-state index in [1.165, 1.54) is 36.9 Å². The van der Waals surface area contributed by atoms with Crippen molar-refractivity contribution in [2.45, 2.75) is 51.1 Å². The molecule has 0 fully saturated rings. The van der Waals surface area contributed by atoms with Gasteiger partial charge in [-0.1, -0.05) is 48.4 Å². The Bertz CT molecular complexity index is 932. The van der Waals surface area contributed by atoms with Crippen LogP contribution in [0.15, 0.2) is 53.6 Å². The molecule has 2 aromatic carbocycles. The molecule has 3 heterocycles. The molecule has 152 valence electrons. The highest BCUT2D eigenvalue weighted by Crippen LogP contribution is 2.42. The van der Waals surface area contributed by atoms with E-state index in [1.54, 1.807) is 29.4 Å². The standard InChI is InChI=1S/C26H32N2O/c1-3-18-17-28-13-11-19-6-4-5-7-24(19)26(28)16-21(18)15-25-23-9-8-22(29-2)14-20(23)10-12-27-25/h4-9,14,25-27H,3,10-13,15-17H2,1-2H3. The molecule has 3 aliphatic rings. The Kier molecular flexibility index (Phi) is 5.19. The van der Waals surface area contributed by atoms with Crippen molar-refractivity contribution in [1.29, 1.82) is 0 Å². The zero-order valence-corrected chi connectivity index (χ0v) is 17.7. The molecule has 3 nitrogen and oxygen atoms in total. The van der Waals surface area contributed by atoms with E-state index in [4.69, 9.17) is 4.74 Å². The van der Waals surface area contributed by atoms with Crippen LogP contribution in [0.2, 0.25) is 0 Å². The van der Waals surface area contributed by atoms with Gasteiger partial charge in [0.15, 0.2) is 0 Å². The van der Waals surface area contributed by atoms with Crippen LogP contribution in [0.4, 0.5) is 0 Å². The first-order valence-electron chi connectivity index (χ1n) is 11.2.